The van der Waals surface area contributed by atoms with Gasteiger partial charge in [0.05, 0.1) is 18.7 Å². The molecule has 0 aliphatic carbocycles. The van der Waals surface area contributed by atoms with Gasteiger partial charge in [-0.2, -0.15) is 0 Å². The lowest BCUT2D eigenvalue weighted by Gasteiger charge is -2.21. The summed E-state index contributed by atoms with van der Waals surface area (Å²) in [5.74, 6) is 0.541. The zero-order valence-corrected chi connectivity index (χ0v) is 15.7. The Bertz CT molecular complexity index is 883. The lowest BCUT2D eigenvalue weighted by atomic mass is 10.0. The van der Waals surface area contributed by atoms with E-state index in [9.17, 15) is 9.59 Å². The highest BCUT2D eigenvalue weighted by Gasteiger charge is 2.20. The van der Waals surface area contributed by atoms with Gasteiger partial charge in [0, 0.05) is 36.7 Å². The fourth-order valence-corrected chi connectivity index (χ4v) is 3.16. The Morgan fingerprint density at radius 1 is 1.25 bits per heavy atom. The van der Waals surface area contributed by atoms with Crippen LogP contribution >= 0.6 is 0 Å². The maximum atomic E-state index is 12.3. The highest BCUT2D eigenvalue weighted by molar-refractivity contribution is 5.99. The molecule has 146 valence electrons. The number of rotatable bonds is 7. The number of hydrogen-bond donors (Lipinski definition) is 2. The molecule has 0 spiro atoms. The predicted octanol–water partition coefficient (Wildman–Crippen LogP) is 2.05. The molecule has 0 saturated heterocycles. The van der Waals surface area contributed by atoms with Crippen molar-refractivity contribution < 1.29 is 14.3 Å². The number of hydrogen-bond acceptors (Lipinski definition) is 6. The third-order valence-corrected chi connectivity index (χ3v) is 4.39. The third-order valence-electron chi connectivity index (χ3n) is 4.39. The standard InChI is InChI=1S/C20H23N5O3/c1-2-28-19(26)17-4-3-16(24-20(21)27)13-15(17)7-11-25-12-10-23-18(25)14-5-8-22-9-6-14/h3-6,8-9,13H,2,7,10-12H2,1H3,(H3,21,24,27). The fourth-order valence-electron chi connectivity index (χ4n) is 3.16. The summed E-state index contributed by atoms with van der Waals surface area (Å²) in [6.45, 7) is 4.28. The second-order valence-corrected chi connectivity index (χ2v) is 6.26. The van der Waals surface area contributed by atoms with Gasteiger partial charge in [-0.25, -0.2) is 9.59 Å². The number of anilines is 1. The Balaban J connectivity index is 1.79. The van der Waals surface area contributed by atoms with Crippen molar-refractivity contribution in [3.63, 3.8) is 0 Å². The van der Waals surface area contributed by atoms with E-state index in [1.807, 2.05) is 12.1 Å². The molecule has 1 aromatic carbocycles. The number of urea groups is 1. The molecule has 8 heteroatoms. The first-order valence-corrected chi connectivity index (χ1v) is 9.14. The average Bonchev–Trinajstić information content (AvgIpc) is 3.15. The lowest BCUT2D eigenvalue weighted by molar-refractivity contribution is 0.0525. The molecule has 2 aromatic rings. The molecule has 0 atom stereocenters. The Kier molecular flexibility index (Phi) is 6.21. The van der Waals surface area contributed by atoms with Crippen LogP contribution in [-0.4, -0.2) is 54.0 Å². The molecule has 8 nitrogen and oxygen atoms in total. The third kappa shape index (κ3) is 4.64. The van der Waals surface area contributed by atoms with E-state index in [4.69, 9.17) is 10.5 Å². The molecule has 3 N–H and O–H groups in total. The molecule has 1 aliphatic heterocycles. The van der Waals surface area contributed by atoms with Crippen LogP contribution in [0.1, 0.15) is 28.4 Å². The van der Waals surface area contributed by atoms with Gasteiger partial charge in [0.25, 0.3) is 0 Å². The van der Waals surface area contributed by atoms with Crippen LogP contribution in [0.2, 0.25) is 0 Å². The topological polar surface area (TPSA) is 110 Å². The normalized spacial score (nSPS) is 13.2. The number of aliphatic imine (C=N–C) groups is 1. The van der Waals surface area contributed by atoms with Crippen LogP contribution in [-0.2, 0) is 11.2 Å². The van der Waals surface area contributed by atoms with Crippen LogP contribution in [0.25, 0.3) is 0 Å². The van der Waals surface area contributed by atoms with E-state index in [2.05, 4.69) is 20.2 Å². The molecule has 2 amide bonds. The van der Waals surface area contributed by atoms with E-state index < -0.39 is 6.03 Å². The summed E-state index contributed by atoms with van der Waals surface area (Å²) >= 11 is 0. The van der Waals surface area contributed by atoms with Crippen LogP contribution in [0.15, 0.2) is 47.7 Å². The molecule has 3 rings (SSSR count). The highest BCUT2D eigenvalue weighted by Crippen LogP contribution is 2.19. The van der Waals surface area contributed by atoms with Gasteiger partial charge in [-0.15, -0.1) is 0 Å². The molecule has 2 heterocycles. The SMILES string of the molecule is CCOC(=O)c1ccc(NC(N)=O)cc1CCN1CCN=C1c1ccncc1. The van der Waals surface area contributed by atoms with Gasteiger partial charge in [0.2, 0.25) is 0 Å². The van der Waals surface area contributed by atoms with Crippen LogP contribution in [0, 0.1) is 0 Å². The molecule has 0 saturated carbocycles. The molecule has 0 unspecified atom stereocenters. The van der Waals surface area contributed by atoms with Crippen LogP contribution < -0.4 is 11.1 Å². The fraction of sp³-hybridized carbons (Fsp3) is 0.300. The van der Waals surface area contributed by atoms with Crippen LogP contribution in [0.5, 0.6) is 0 Å². The van der Waals surface area contributed by atoms with Crippen LogP contribution in [0.3, 0.4) is 0 Å². The van der Waals surface area contributed by atoms with E-state index in [1.165, 1.54) is 0 Å². The smallest absolute Gasteiger partial charge is 0.338 e. The molecule has 1 aromatic heterocycles. The monoisotopic (exact) mass is 381 g/mol. The summed E-state index contributed by atoms with van der Waals surface area (Å²) in [6, 6.07) is 8.26. The van der Waals surface area contributed by atoms with Crippen molar-refractivity contribution in [3.05, 3.63) is 59.4 Å². The van der Waals surface area contributed by atoms with Crippen molar-refractivity contribution in [1.29, 1.82) is 0 Å². The summed E-state index contributed by atoms with van der Waals surface area (Å²) in [6.07, 6.45) is 4.07. The van der Waals surface area contributed by atoms with E-state index in [1.54, 1.807) is 37.5 Å². The number of ether oxygens (including phenoxy) is 1. The van der Waals surface area contributed by atoms with Crippen LogP contribution in [0.4, 0.5) is 10.5 Å². The number of nitrogens with zero attached hydrogens (tertiary/aromatic N) is 3. The number of benzene rings is 1. The van der Waals surface area contributed by atoms with Gasteiger partial charge in [-0.3, -0.25) is 9.98 Å². The maximum absolute atomic E-state index is 12.3. The zero-order valence-electron chi connectivity index (χ0n) is 15.7. The first kappa shape index (κ1) is 19.3. The largest absolute Gasteiger partial charge is 0.462 e. The van der Waals surface area contributed by atoms with E-state index in [0.29, 0.717) is 30.8 Å². The number of carbonyl (C=O) groups is 2. The minimum Gasteiger partial charge on any atom is -0.462 e. The van der Waals surface area contributed by atoms with Crippen molar-refractivity contribution in [2.75, 3.05) is 31.6 Å². The Hall–Kier alpha value is -3.42. The number of esters is 1. The van der Waals surface area contributed by atoms with E-state index in [-0.39, 0.29) is 5.97 Å². The Labute approximate surface area is 163 Å². The number of pyridine rings is 1. The Morgan fingerprint density at radius 3 is 2.75 bits per heavy atom. The Morgan fingerprint density at radius 2 is 2.04 bits per heavy atom. The minimum atomic E-state index is -0.651. The van der Waals surface area contributed by atoms with Crippen molar-refractivity contribution in [3.8, 4) is 0 Å². The minimum absolute atomic E-state index is 0.296. The summed E-state index contributed by atoms with van der Waals surface area (Å²) in [7, 11) is 0. The van der Waals surface area contributed by atoms with Gasteiger partial charge in [-0.05, 0) is 49.2 Å². The number of amides is 2. The van der Waals surface area contributed by atoms with Gasteiger partial charge in [-0.1, -0.05) is 0 Å². The first-order chi connectivity index (χ1) is 13.6. The predicted molar refractivity (Wildman–Crippen MR) is 107 cm³/mol. The number of primary amides is 1. The number of aromatic nitrogens is 1. The quantitative estimate of drug-likeness (QED) is 0.713. The molecule has 0 fully saturated rings. The van der Waals surface area contributed by atoms with Gasteiger partial charge in [0.15, 0.2) is 0 Å². The summed E-state index contributed by atoms with van der Waals surface area (Å²) in [4.78, 5) is 34.3. The van der Waals surface area contributed by atoms with Gasteiger partial charge in [0.1, 0.15) is 5.84 Å². The van der Waals surface area contributed by atoms with Crippen molar-refractivity contribution in [2.45, 2.75) is 13.3 Å². The number of amidine groups is 1. The highest BCUT2D eigenvalue weighted by atomic mass is 16.5. The molecular formula is C20H23N5O3. The van der Waals surface area contributed by atoms with Gasteiger partial charge < -0.3 is 20.7 Å². The molecular weight excluding hydrogens is 358 g/mol. The lowest BCUT2D eigenvalue weighted by Crippen LogP contribution is -2.31. The number of carbonyl (C=O) groups excluding carboxylic acids is 2. The molecule has 1 aliphatic rings. The first-order valence-electron chi connectivity index (χ1n) is 9.14. The maximum Gasteiger partial charge on any atom is 0.338 e. The van der Waals surface area contributed by atoms with E-state index >= 15 is 0 Å². The second kappa shape index (κ2) is 8.98. The van der Waals surface area contributed by atoms with Gasteiger partial charge >= 0.3 is 12.0 Å². The number of nitrogens with one attached hydrogen (secondary N) is 1. The van der Waals surface area contributed by atoms with Crippen molar-refractivity contribution >= 4 is 23.5 Å². The summed E-state index contributed by atoms with van der Waals surface area (Å²) < 4.78 is 5.16. The van der Waals surface area contributed by atoms with E-state index in [0.717, 1.165) is 30.1 Å². The van der Waals surface area contributed by atoms with Crippen molar-refractivity contribution in [2.24, 2.45) is 10.7 Å². The molecule has 28 heavy (non-hydrogen) atoms. The average molecular weight is 381 g/mol. The molecule has 0 bridgehead atoms. The molecule has 0 radical (unpaired) electrons. The summed E-state index contributed by atoms with van der Waals surface area (Å²) in [5.41, 5.74) is 8.03. The van der Waals surface area contributed by atoms with Crippen molar-refractivity contribution in [1.82, 2.24) is 9.88 Å². The zero-order chi connectivity index (χ0) is 19.9. The number of nitrogens with two attached hydrogens (primary N) is 1. The summed E-state index contributed by atoms with van der Waals surface area (Å²) in [5, 5.41) is 2.55. The second-order valence-electron chi connectivity index (χ2n) is 6.26.